The Kier molecular flexibility index (Phi) is 6.16. The summed E-state index contributed by atoms with van der Waals surface area (Å²) in [7, 11) is -0.511. The maximum absolute atomic E-state index is 12.9. The van der Waals surface area contributed by atoms with Gasteiger partial charge >= 0.3 is 0 Å². The molecule has 1 aromatic rings. The van der Waals surface area contributed by atoms with Crippen LogP contribution in [0.5, 0.6) is 0 Å². The van der Waals surface area contributed by atoms with E-state index in [9.17, 15) is 13.2 Å². The van der Waals surface area contributed by atoms with Crippen molar-refractivity contribution in [3.8, 4) is 0 Å². The summed E-state index contributed by atoms with van der Waals surface area (Å²) in [6.45, 7) is 3.47. The van der Waals surface area contributed by atoms with E-state index in [4.69, 9.17) is 16.3 Å². The first-order valence-corrected chi connectivity index (χ1v) is 10.4. The Hall–Kier alpha value is -1.53. The van der Waals surface area contributed by atoms with Crippen LogP contribution in [0.4, 0.5) is 5.95 Å². The first-order valence-electron chi connectivity index (χ1n) is 8.63. The number of halogens is 1. The van der Waals surface area contributed by atoms with Gasteiger partial charge in [-0.15, -0.1) is 0 Å². The maximum atomic E-state index is 12.9. The highest BCUT2D eigenvalue weighted by Crippen LogP contribution is 2.20. The van der Waals surface area contributed by atoms with Crippen molar-refractivity contribution in [2.75, 3.05) is 71.5 Å². The number of piperazine rings is 1. The number of aromatic nitrogens is 2. The van der Waals surface area contributed by atoms with Crippen LogP contribution in [0.3, 0.4) is 0 Å². The van der Waals surface area contributed by atoms with Gasteiger partial charge in [0, 0.05) is 53.4 Å². The number of carbonyl (C=O) groups is 1. The second kappa shape index (κ2) is 8.23. The zero-order valence-electron chi connectivity index (χ0n) is 15.3. The Morgan fingerprint density at radius 1 is 1.15 bits per heavy atom. The Morgan fingerprint density at radius 3 is 2.37 bits per heavy atom. The van der Waals surface area contributed by atoms with Gasteiger partial charge in [0.25, 0.3) is 16.1 Å². The predicted molar refractivity (Wildman–Crippen MR) is 100 cm³/mol. The molecule has 10 nitrogen and oxygen atoms in total. The fourth-order valence-electron chi connectivity index (χ4n) is 2.93. The normalized spacial score (nSPS) is 19.6. The van der Waals surface area contributed by atoms with Crippen LogP contribution in [0.2, 0.25) is 5.02 Å². The quantitative estimate of drug-likeness (QED) is 0.651. The predicted octanol–water partition coefficient (Wildman–Crippen LogP) is -0.469. The number of morpholine rings is 1. The van der Waals surface area contributed by atoms with Crippen LogP contribution < -0.4 is 4.90 Å². The molecule has 0 bridgehead atoms. The highest BCUT2D eigenvalue weighted by atomic mass is 35.5. The fourth-order valence-corrected chi connectivity index (χ4v) is 4.18. The van der Waals surface area contributed by atoms with Crippen LogP contribution in [0.15, 0.2) is 6.20 Å². The van der Waals surface area contributed by atoms with E-state index >= 15 is 0 Å². The van der Waals surface area contributed by atoms with Crippen molar-refractivity contribution in [1.82, 2.24) is 23.5 Å². The molecule has 1 aromatic heterocycles. The van der Waals surface area contributed by atoms with Crippen LogP contribution in [-0.4, -0.2) is 104 Å². The van der Waals surface area contributed by atoms with Gasteiger partial charge in [-0.25, -0.2) is 9.97 Å². The molecule has 0 radical (unpaired) electrons. The van der Waals surface area contributed by atoms with Gasteiger partial charge in [-0.05, 0) is 0 Å². The van der Waals surface area contributed by atoms with Gasteiger partial charge in [0.15, 0.2) is 5.69 Å². The SMILES string of the molecule is CN(C)S(=O)(=O)N1CCN(C(=O)c2nc(N3CCOCC3)ncc2Cl)CC1. The Bertz CT molecular complexity index is 791. The van der Waals surface area contributed by atoms with E-state index in [0.717, 1.165) is 0 Å². The number of anilines is 1. The standard InChI is InChI=1S/C15H23ClN6O4S/c1-19(2)27(24,25)22-5-3-20(4-6-22)14(23)13-12(16)11-17-15(18-13)21-7-9-26-10-8-21/h11H,3-10H2,1-2H3. The Balaban J connectivity index is 1.71. The summed E-state index contributed by atoms with van der Waals surface area (Å²) in [5, 5.41) is 0.181. The van der Waals surface area contributed by atoms with E-state index in [2.05, 4.69) is 9.97 Å². The van der Waals surface area contributed by atoms with E-state index in [0.29, 0.717) is 32.3 Å². The van der Waals surface area contributed by atoms with Crippen molar-refractivity contribution in [3.05, 3.63) is 16.9 Å². The monoisotopic (exact) mass is 418 g/mol. The van der Waals surface area contributed by atoms with Crippen molar-refractivity contribution in [1.29, 1.82) is 0 Å². The molecule has 0 unspecified atom stereocenters. The second-order valence-electron chi connectivity index (χ2n) is 6.45. The van der Waals surface area contributed by atoms with Crippen molar-refractivity contribution in [3.63, 3.8) is 0 Å². The van der Waals surface area contributed by atoms with Crippen molar-refractivity contribution in [2.24, 2.45) is 0 Å². The van der Waals surface area contributed by atoms with Crippen LogP contribution in [0.25, 0.3) is 0 Å². The summed E-state index contributed by atoms with van der Waals surface area (Å²) < 4.78 is 32.2. The van der Waals surface area contributed by atoms with Crippen molar-refractivity contribution < 1.29 is 17.9 Å². The number of amides is 1. The average molecular weight is 419 g/mol. The smallest absolute Gasteiger partial charge is 0.281 e. The first-order chi connectivity index (χ1) is 12.8. The average Bonchev–Trinajstić information content (AvgIpc) is 2.68. The van der Waals surface area contributed by atoms with E-state index in [1.165, 1.54) is 28.9 Å². The molecule has 150 valence electrons. The highest BCUT2D eigenvalue weighted by molar-refractivity contribution is 7.86. The van der Waals surface area contributed by atoms with Gasteiger partial charge in [-0.2, -0.15) is 17.0 Å². The van der Waals surface area contributed by atoms with Crippen LogP contribution in [0.1, 0.15) is 10.5 Å². The number of hydrogen-bond donors (Lipinski definition) is 0. The lowest BCUT2D eigenvalue weighted by atomic mass is 10.3. The number of nitrogens with zero attached hydrogens (tertiary/aromatic N) is 6. The summed E-state index contributed by atoms with van der Waals surface area (Å²) >= 11 is 6.16. The van der Waals surface area contributed by atoms with Gasteiger partial charge in [-0.1, -0.05) is 11.6 Å². The molecule has 0 N–H and O–H groups in total. The molecule has 0 saturated carbocycles. The van der Waals surface area contributed by atoms with Crippen molar-refractivity contribution >= 4 is 33.7 Å². The van der Waals surface area contributed by atoms with Gasteiger partial charge in [0.05, 0.1) is 24.4 Å². The summed E-state index contributed by atoms with van der Waals surface area (Å²) in [6.07, 6.45) is 1.43. The minimum absolute atomic E-state index is 0.136. The minimum Gasteiger partial charge on any atom is -0.378 e. The van der Waals surface area contributed by atoms with Gasteiger partial charge in [-0.3, -0.25) is 4.79 Å². The lowest BCUT2D eigenvalue weighted by Crippen LogP contribution is -2.53. The van der Waals surface area contributed by atoms with E-state index in [1.807, 2.05) is 4.90 Å². The molecule has 0 atom stereocenters. The summed E-state index contributed by atoms with van der Waals surface area (Å²) in [5.74, 6) is 0.124. The molecule has 27 heavy (non-hydrogen) atoms. The third-order valence-electron chi connectivity index (χ3n) is 4.54. The number of hydrogen-bond acceptors (Lipinski definition) is 7. The molecule has 0 spiro atoms. The largest absolute Gasteiger partial charge is 0.378 e. The van der Waals surface area contributed by atoms with E-state index < -0.39 is 10.2 Å². The molecular formula is C15H23ClN6O4S. The molecule has 3 rings (SSSR count). The number of carbonyl (C=O) groups excluding carboxylic acids is 1. The van der Waals surface area contributed by atoms with Gasteiger partial charge in [0.2, 0.25) is 5.95 Å². The lowest BCUT2D eigenvalue weighted by molar-refractivity contribution is 0.0689. The molecule has 3 heterocycles. The summed E-state index contributed by atoms with van der Waals surface area (Å²) in [6, 6.07) is 0. The zero-order chi connectivity index (χ0) is 19.6. The third-order valence-corrected chi connectivity index (χ3v) is 6.76. The second-order valence-corrected chi connectivity index (χ2v) is 9.00. The molecule has 2 fully saturated rings. The van der Waals surface area contributed by atoms with Gasteiger partial charge in [0.1, 0.15) is 0 Å². The molecule has 0 aromatic carbocycles. The molecule has 2 saturated heterocycles. The van der Waals surface area contributed by atoms with Crippen LogP contribution in [-0.2, 0) is 14.9 Å². The van der Waals surface area contributed by atoms with Gasteiger partial charge < -0.3 is 14.5 Å². The number of rotatable bonds is 4. The lowest BCUT2D eigenvalue weighted by Gasteiger charge is -2.35. The topological polar surface area (TPSA) is 99.2 Å². The molecule has 1 amide bonds. The first kappa shape index (κ1) is 20.2. The van der Waals surface area contributed by atoms with Crippen LogP contribution >= 0.6 is 11.6 Å². The zero-order valence-corrected chi connectivity index (χ0v) is 16.9. The molecule has 0 aliphatic carbocycles. The van der Waals surface area contributed by atoms with E-state index in [-0.39, 0.29) is 42.8 Å². The molecule has 12 heteroatoms. The summed E-state index contributed by atoms with van der Waals surface area (Å²) in [4.78, 5) is 25.0. The van der Waals surface area contributed by atoms with E-state index in [1.54, 1.807) is 4.90 Å². The molecular weight excluding hydrogens is 396 g/mol. The third kappa shape index (κ3) is 4.32. The number of ether oxygens (including phenoxy) is 1. The maximum Gasteiger partial charge on any atom is 0.281 e. The summed E-state index contributed by atoms with van der Waals surface area (Å²) in [5.41, 5.74) is 0.136. The molecule has 2 aliphatic heterocycles. The Labute approximate surface area is 163 Å². The highest BCUT2D eigenvalue weighted by Gasteiger charge is 2.32. The van der Waals surface area contributed by atoms with Crippen LogP contribution in [0, 0.1) is 0 Å². The minimum atomic E-state index is -3.48. The molecule has 2 aliphatic rings. The Morgan fingerprint density at radius 2 is 1.78 bits per heavy atom. The fraction of sp³-hybridized carbons (Fsp3) is 0.667. The van der Waals surface area contributed by atoms with Crippen molar-refractivity contribution in [2.45, 2.75) is 0 Å².